The molecule has 2 aliphatic rings. The highest BCUT2D eigenvalue weighted by Gasteiger charge is 2.56. The molecule has 2 aliphatic heterocycles. The summed E-state index contributed by atoms with van der Waals surface area (Å²) in [6.07, 6.45) is 4.93. The predicted molar refractivity (Wildman–Crippen MR) is 55.0 cm³/mol. The number of ether oxygens (including phenoxy) is 1. The molecule has 2 heterocycles. The second-order valence-electron chi connectivity index (χ2n) is 5.18. The average Bonchev–Trinajstić information content (AvgIpc) is 2.61. The van der Waals surface area contributed by atoms with Crippen molar-refractivity contribution in [3.8, 4) is 0 Å². The molecule has 0 amide bonds. The molecule has 0 spiro atoms. The van der Waals surface area contributed by atoms with Crippen LogP contribution in [0.4, 0.5) is 0 Å². The number of carbonyl (C=O) groups is 1. The number of rotatable bonds is 1. The van der Waals surface area contributed by atoms with Crippen molar-refractivity contribution >= 4 is 5.78 Å². The molecule has 0 aromatic carbocycles. The van der Waals surface area contributed by atoms with Gasteiger partial charge >= 0.3 is 0 Å². The van der Waals surface area contributed by atoms with Crippen LogP contribution >= 0.6 is 0 Å². The van der Waals surface area contributed by atoms with Crippen LogP contribution in [0.15, 0.2) is 12.2 Å². The third kappa shape index (κ3) is 0.977. The average molecular weight is 194 g/mol. The van der Waals surface area contributed by atoms with Crippen LogP contribution in [0.25, 0.3) is 0 Å². The summed E-state index contributed by atoms with van der Waals surface area (Å²) in [5.41, 5.74) is -0.693. The maximum Gasteiger partial charge on any atom is 0.150 e. The Morgan fingerprint density at radius 3 is 2.43 bits per heavy atom. The molecular weight excluding hydrogens is 176 g/mol. The first kappa shape index (κ1) is 9.91. The molecule has 0 radical (unpaired) electrons. The highest BCUT2D eigenvalue weighted by atomic mass is 16.5. The first-order valence-electron chi connectivity index (χ1n) is 5.31. The maximum absolute atomic E-state index is 12.3. The summed E-state index contributed by atoms with van der Waals surface area (Å²) in [7, 11) is 0. The highest BCUT2D eigenvalue weighted by Crippen LogP contribution is 2.48. The Morgan fingerprint density at radius 2 is 1.86 bits per heavy atom. The van der Waals surface area contributed by atoms with E-state index in [1.165, 1.54) is 0 Å². The van der Waals surface area contributed by atoms with Gasteiger partial charge < -0.3 is 4.74 Å². The van der Waals surface area contributed by atoms with Crippen LogP contribution in [-0.2, 0) is 9.53 Å². The van der Waals surface area contributed by atoms with E-state index in [4.69, 9.17) is 4.74 Å². The van der Waals surface area contributed by atoms with E-state index in [2.05, 4.69) is 13.0 Å². The van der Waals surface area contributed by atoms with Gasteiger partial charge in [-0.3, -0.25) is 4.79 Å². The molecular formula is C12H18O2. The van der Waals surface area contributed by atoms with E-state index in [9.17, 15) is 4.79 Å². The molecule has 2 heteroatoms. The monoisotopic (exact) mass is 194 g/mol. The first-order chi connectivity index (χ1) is 6.43. The minimum absolute atomic E-state index is 0.00183. The van der Waals surface area contributed by atoms with Gasteiger partial charge in [-0.2, -0.15) is 0 Å². The SMILES string of the molecule is CC[C@]1(C)C(=O)C(C)(C)[C@@H]2C=C[C@H]1O2. The fraction of sp³-hybridized carbons (Fsp3) is 0.750. The van der Waals surface area contributed by atoms with E-state index >= 15 is 0 Å². The maximum atomic E-state index is 12.3. The molecule has 0 unspecified atom stereocenters. The smallest absolute Gasteiger partial charge is 0.150 e. The molecule has 2 rings (SSSR count). The van der Waals surface area contributed by atoms with Gasteiger partial charge in [-0.25, -0.2) is 0 Å². The first-order valence-corrected chi connectivity index (χ1v) is 5.31. The summed E-state index contributed by atoms with van der Waals surface area (Å²) >= 11 is 0. The number of hydrogen-bond acceptors (Lipinski definition) is 2. The van der Waals surface area contributed by atoms with Gasteiger partial charge in [-0.1, -0.05) is 32.9 Å². The Hall–Kier alpha value is -0.630. The number of hydrogen-bond donors (Lipinski definition) is 0. The topological polar surface area (TPSA) is 26.3 Å². The molecule has 1 saturated heterocycles. The Kier molecular flexibility index (Phi) is 1.91. The van der Waals surface area contributed by atoms with Gasteiger partial charge in [0, 0.05) is 0 Å². The number of ketones is 1. The summed E-state index contributed by atoms with van der Waals surface area (Å²) in [5.74, 6) is 0.346. The van der Waals surface area contributed by atoms with Crippen LogP contribution in [0, 0.1) is 10.8 Å². The lowest BCUT2D eigenvalue weighted by Crippen LogP contribution is -2.55. The zero-order valence-corrected chi connectivity index (χ0v) is 9.33. The highest BCUT2D eigenvalue weighted by molar-refractivity contribution is 5.92. The summed E-state index contributed by atoms with van der Waals surface area (Å²) in [4.78, 5) is 12.3. The van der Waals surface area contributed by atoms with Crippen molar-refractivity contribution in [3.05, 3.63) is 12.2 Å². The van der Waals surface area contributed by atoms with Crippen molar-refractivity contribution in [2.45, 2.75) is 46.3 Å². The Bertz CT molecular complexity index is 303. The lowest BCUT2D eigenvalue weighted by atomic mass is 9.65. The summed E-state index contributed by atoms with van der Waals surface area (Å²) < 4.78 is 5.86. The van der Waals surface area contributed by atoms with Gasteiger partial charge in [-0.15, -0.1) is 0 Å². The van der Waals surface area contributed by atoms with E-state index in [1.54, 1.807) is 0 Å². The van der Waals surface area contributed by atoms with Crippen molar-refractivity contribution in [2.24, 2.45) is 10.8 Å². The molecule has 78 valence electrons. The van der Waals surface area contributed by atoms with Crippen LogP contribution in [0.2, 0.25) is 0 Å². The summed E-state index contributed by atoms with van der Waals surface area (Å²) in [5, 5.41) is 0. The van der Waals surface area contributed by atoms with Gasteiger partial charge in [0.1, 0.15) is 5.78 Å². The minimum Gasteiger partial charge on any atom is -0.365 e. The van der Waals surface area contributed by atoms with Crippen LogP contribution < -0.4 is 0 Å². The van der Waals surface area contributed by atoms with Crippen molar-refractivity contribution in [3.63, 3.8) is 0 Å². The standard InChI is InChI=1S/C12H18O2/c1-5-12(4)9-7-6-8(14-9)11(2,3)10(12)13/h6-9H,5H2,1-4H3/t8-,9+,12-/m0/s1. The Balaban J connectivity index is 2.46. The lowest BCUT2D eigenvalue weighted by Gasteiger charge is -2.45. The number of Topliss-reactive ketones (excluding diaryl/α,β-unsaturated/α-hetero) is 1. The van der Waals surface area contributed by atoms with E-state index in [0.29, 0.717) is 5.78 Å². The van der Waals surface area contributed by atoms with E-state index in [0.717, 1.165) is 6.42 Å². The van der Waals surface area contributed by atoms with Gasteiger partial charge in [0.2, 0.25) is 0 Å². The van der Waals surface area contributed by atoms with Crippen molar-refractivity contribution < 1.29 is 9.53 Å². The van der Waals surface area contributed by atoms with E-state index in [-0.39, 0.29) is 23.0 Å². The molecule has 1 fully saturated rings. The fourth-order valence-electron chi connectivity index (χ4n) is 2.58. The second kappa shape index (κ2) is 2.69. The third-order valence-electron chi connectivity index (χ3n) is 3.93. The Morgan fingerprint density at radius 1 is 1.29 bits per heavy atom. The minimum atomic E-state index is -0.367. The largest absolute Gasteiger partial charge is 0.365 e. The molecule has 0 aromatic rings. The van der Waals surface area contributed by atoms with Crippen LogP contribution in [0.1, 0.15) is 34.1 Å². The van der Waals surface area contributed by atoms with Crippen LogP contribution in [0.5, 0.6) is 0 Å². The molecule has 3 atom stereocenters. The van der Waals surface area contributed by atoms with Crippen molar-refractivity contribution in [1.82, 2.24) is 0 Å². The zero-order valence-electron chi connectivity index (χ0n) is 9.33. The molecule has 0 saturated carbocycles. The van der Waals surface area contributed by atoms with E-state index < -0.39 is 0 Å². The van der Waals surface area contributed by atoms with Crippen molar-refractivity contribution in [1.29, 1.82) is 0 Å². The lowest BCUT2D eigenvalue weighted by molar-refractivity contribution is -0.169. The van der Waals surface area contributed by atoms with Gasteiger partial charge in [0.05, 0.1) is 23.0 Å². The van der Waals surface area contributed by atoms with Gasteiger partial charge in [0.15, 0.2) is 0 Å². The van der Waals surface area contributed by atoms with Crippen LogP contribution in [-0.4, -0.2) is 18.0 Å². The Labute approximate surface area is 85.3 Å². The van der Waals surface area contributed by atoms with Crippen LogP contribution in [0.3, 0.4) is 0 Å². The van der Waals surface area contributed by atoms with Gasteiger partial charge in [0.25, 0.3) is 0 Å². The molecule has 2 bridgehead atoms. The molecule has 0 aromatic heterocycles. The third-order valence-corrected chi connectivity index (χ3v) is 3.93. The number of fused-ring (bicyclic) bond motifs is 2. The zero-order chi connectivity index (χ0) is 10.6. The molecule has 0 aliphatic carbocycles. The summed E-state index contributed by atoms with van der Waals surface area (Å²) in [6.45, 7) is 8.05. The molecule has 14 heavy (non-hydrogen) atoms. The fourth-order valence-corrected chi connectivity index (χ4v) is 2.58. The quantitative estimate of drug-likeness (QED) is 0.599. The summed E-state index contributed by atoms with van der Waals surface area (Å²) in [6, 6.07) is 0. The predicted octanol–water partition coefficient (Wildman–Crippen LogP) is 2.34. The van der Waals surface area contributed by atoms with Gasteiger partial charge in [-0.05, 0) is 13.3 Å². The normalized spacial score (nSPS) is 44.4. The van der Waals surface area contributed by atoms with Crippen molar-refractivity contribution in [2.75, 3.05) is 0 Å². The second-order valence-corrected chi connectivity index (χ2v) is 5.18. The molecule has 0 N–H and O–H groups in total. The molecule has 2 nitrogen and oxygen atoms in total. The van der Waals surface area contributed by atoms with E-state index in [1.807, 2.05) is 26.8 Å². The number of carbonyl (C=O) groups excluding carboxylic acids is 1.